The van der Waals surface area contributed by atoms with Crippen LogP contribution in [0.15, 0.2) is 48.5 Å². The molecule has 0 spiro atoms. The van der Waals surface area contributed by atoms with Crippen LogP contribution in [0, 0.1) is 5.92 Å². The largest absolute Gasteiger partial charge is 0.494 e. The Bertz CT molecular complexity index is 1050. The normalized spacial score (nSPS) is 24.8. The van der Waals surface area contributed by atoms with Gasteiger partial charge in [-0.05, 0) is 75.2 Å². The molecule has 0 saturated carbocycles. The summed E-state index contributed by atoms with van der Waals surface area (Å²) in [7, 11) is 0. The summed E-state index contributed by atoms with van der Waals surface area (Å²) in [6.45, 7) is 10.2. The van der Waals surface area contributed by atoms with Crippen LogP contribution in [-0.4, -0.2) is 55.5 Å². The van der Waals surface area contributed by atoms with E-state index in [1.54, 1.807) is 24.3 Å². The molecule has 0 aromatic heterocycles. The number of hydrogen-bond donors (Lipinski definition) is 0. The molecule has 2 fully saturated rings. The quantitative estimate of drug-likeness (QED) is 0.108. The van der Waals surface area contributed by atoms with Gasteiger partial charge in [0.05, 0.1) is 32.0 Å². The monoisotopic (exact) mass is 580 g/mol. The number of ketones is 1. The van der Waals surface area contributed by atoms with Crippen LogP contribution >= 0.6 is 0 Å². The van der Waals surface area contributed by atoms with Gasteiger partial charge in [0.2, 0.25) is 0 Å². The van der Waals surface area contributed by atoms with E-state index in [1.807, 2.05) is 38.1 Å². The lowest BCUT2D eigenvalue weighted by atomic mass is 9.75. The van der Waals surface area contributed by atoms with Crippen LogP contribution in [0.1, 0.15) is 106 Å². The van der Waals surface area contributed by atoms with Gasteiger partial charge in [-0.2, -0.15) is 0 Å². The maximum absolute atomic E-state index is 13.2. The molecule has 4 rings (SSSR count). The molecule has 7 heteroatoms. The number of benzene rings is 2. The minimum Gasteiger partial charge on any atom is -0.494 e. The Balaban J connectivity index is 1.28. The third-order valence-electron chi connectivity index (χ3n) is 8.98. The number of unbranched alkanes of at least 4 members (excludes halogenated alkanes) is 6. The van der Waals surface area contributed by atoms with Gasteiger partial charge >= 0.3 is 5.97 Å². The van der Waals surface area contributed by atoms with E-state index in [0.29, 0.717) is 30.9 Å². The Morgan fingerprint density at radius 3 is 1.79 bits per heavy atom. The minimum absolute atomic E-state index is 0.0280. The summed E-state index contributed by atoms with van der Waals surface area (Å²) in [5.74, 6) is 0.949. The second-order valence-electron chi connectivity index (χ2n) is 11.9. The smallest absolute Gasteiger partial charge is 0.338 e. The molecular formula is C35H48O7. The molecule has 4 atom stereocenters. The third-order valence-corrected chi connectivity index (χ3v) is 8.98. The highest BCUT2D eigenvalue weighted by atomic mass is 16.6. The van der Waals surface area contributed by atoms with Crippen molar-refractivity contribution in [3.05, 3.63) is 59.7 Å². The molecule has 0 N–H and O–H groups in total. The number of ether oxygens (including phenoxy) is 5. The topological polar surface area (TPSA) is 80.3 Å². The SMILES string of the molecule is CCCCCCOc1ccc(C(=O)CC2CO[C@@]3(C)C(OC(=O)c4ccc(OCCCCCC)cc4)CO[C@@]23C)cc1. The number of rotatable bonds is 17. The third kappa shape index (κ3) is 7.54. The summed E-state index contributed by atoms with van der Waals surface area (Å²) < 4.78 is 30.0. The fourth-order valence-electron chi connectivity index (χ4n) is 5.86. The molecule has 0 bridgehead atoms. The number of Topliss-reactive ketones (excluding diaryl/α,β-unsaturated/α-hetero) is 1. The molecule has 2 aromatic rings. The van der Waals surface area contributed by atoms with Crippen molar-refractivity contribution in [2.24, 2.45) is 5.92 Å². The Morgan fingerprint density at radius 2 is 1.24 bits per heavy atom. The summed E-state index contributed by atoms with van der Waals surface area (Å²) in [6.07, 6.45) is 8.88. The molecular weight excluding hydrogens is 532 g/mol. The van der Waals surface area contributed by atoms with Crippen LogP contribution in [0.5, 0.6) is 11.5 Å². The molecule has 0 aliphatic carbocycles. The van der Waals surface area contributed by atoms with E-state index in [0.717, 1.165) is 37.2 Å². The average Bonchev–Trinajstić information content (AvgIpc) is 3.40. The van der Waals surface area contributed by atoms with E-state index in [2.05, 4.69) is 13.8 Å². The average molecular weight is 581 g/mol. The summed E-state index contributed by atoms with van der Waals surface area (Å²) in [6, 6.07) is 14.4. The standard InChI is InChI=1S/C35H48O7/c1-5-7-9-11-21-38-29-17-13-26(14-18-29)31(36)23-28-24-40-35(4)32(25-41-34(28,35)3)42-33(37)27-15-19-30(20-16-27)39-22-12-10-8-6-2/h13-20,28,32H,5-12,21-25H2,1-4H3/t28?,32?,34-,35-/m0/s1. The molecule has 0 amide bonds. The van der Waals surface area contributed by atoms with Gasteiger partial charge in [-0.3, -0.25) is 4.79 Å². The van der Waals surface area contributed by atoms with Crippen LogP contribution in [0.4, 0.5) is 0 Å². The Hall–Kier alpha value is -2.90. The first-order valence-electron chi connectivity index (χ1n) is 15.8. The van der Waals surface area contributed by atoms with Crippen molar-refractivity contribution >= 4 is 11.8 Å². The first-order valence-corrected chi connectivity index (χ1v) is 15.8. The van der Waals surface area contributed by atoms with Gasteiger partial charge in [-0.1, -0.05) is 52.4 Å². The van der Waals surface area contributed by atoms with Gasteiger partial charge < -0.3 is 23.7 Å². The van der Waals surface area contributed by atoms with Gasteiger partial charge in [0.15, 0.2) is 11.9 Å². The van der Waals surface area contributed by atoms with Gasteiger partial charge in [0, 0.05) is 17.9 Å². The lowest BCUT2D eigenvalue weighted by molar-refractivity contribution is -0.102. The predicted octanol–water partition coefficient (Wildman–Crippen LogP) is 7.60. The number of carbonyl (C=O) groups excluding carboxylic acids is 2. The zero-order chi connectivity index (χ0) is 30.0. The van der Waals surface area contributed by atoms with Crippen LogP contribution in [0.3, 0.4) is 0 Å². The fourth-order valence-corrected chi connectivity index (χ4v) is 5.86. The van der Waals surface area contributed by atoms with Gasteiger partial charge in [-0.15, -0.1) is 0 Å². The van der Waals surface area contributed by atoms with Crippen LogP contribution in [0.2, 0.25) is 0 Å². The van der Waals surface area contributed by atoms with E-state index < -0.39 is 23.3 Å². The summed E-state index contributed by atoms with van der Waals surface area (Å²) in [4.78, 5) is 26.2. The first kappa shape index (κ1) is 32.0. The molecule has 2 heterocycles. The van der Waals surface area contributed by atoms with Gasteiger partial charge in [0.1, 0.15) is 22.7 Å². The fraction of sp³-hybridized carbons (Fsp3) is 0.600. The maximum Gasteiger partial charge on any atom is 0.338 e. The minimum atomic E-state index is -0.857. The molecule has 2 aliphatic rings. The lowest BCUT2D eigenvalue weighted by Gasteiger charge is -2.36. The second kappa shape index (κ2) is 15.0. The van der Waals surface area contributed by atoms with Crippen molar-refractivity contribution in [1.82, 2.24) is 0 Å². The van der Waals surface area contributed by atoms with Crippen molar-refractivity contribution < 1.29 is 33.3 Å². The van der Waals surface area contributed by atoms with Crippen LogP contribution < -0.4 is 9.47 Å². The number of carbonyl (C=O) groups is 2. The maximum atomic E-state index is 13.2. The van der Waals surface area contributed by atoms with Crippen molar-refractivity contribution in [2.75, 3.05) is 26.4 Å². The Morgan fingerprint density at radius 1 is 0.714 bits per heavy atom. The molecule has 2 unspecified atom stereocenters. The summed E-state index contributed by atoms with van der Waals surface area (Å²) >= 11 is 0. The second-order valence-corrected chi connectivity index (χ2v) is 11.9. The molecule has 2 aliphatic heterocycles. The lowest BCUT2D eigenvalue weighted by Crippen LogP contribution is -2.53. The van der Waals surface area contributed by atoms with E-state index in [1.165, 1.54) is 25.7 Å². The molecule has 230 valence electrons. The van der Waals surface area contributed by atoms with E-state index >= 15 is 0 Å². The van der Waals surface area contributed by atoms with Crippen molar-refractivity contribution in [2.45, 2.75) is 103 Å². The zero-order valence-electron chi connectivity index (χ0n) is 25.8. The van der Waals surface area contributed by atoms with Crippen molar-refractivity contribution in [1.29, 1.82) is 0 Å². The molecule has 7 nitrogen and oxygen atoms in total. The molecule has 42 heavy (non-hydrogen) atoms. The number of hydrogen-bond acceptors (Lipinski definition) is 7. The van der Waals surface area contributed by atoms with Gasteiger partial charge in [-0.25, -0.2) is 4.79 Å². The molecule has 2 saturated heterocycles. The van der Waals surface area contributed by atoms with Crippen molar-refractivity contribution in [3.8, 4) is 11.5 Å². The van der Waals surface area contributed by atoms with E-state index in [9.17, 15) is 9.59 Å². The summed E-state index contributed by atoms with van der Waals surface area (Å²) in [5, 5.41) is 0. The predicted molar refractivity (Wildman–Crippen MR) is 163 cm³/mol. The van der Waals surface area contributed by atoms with Crippen molar-refractivity contribution in [3.63, 3.8) is 0 Å². The van der Waals surface area contributed by atoms with Crippen LogP contribution in [-0.2, 0) is 14.2 Å². The highest BCUT2D eigenvalue weighted by Gasteiger charge is 2.66. The van der Waals surface area contributed by atoms with E-state index in [-0.39, 0.29) is 24.7 Å². The van der Waals surface area contributed by atoms with Crippen LogP contribution in [0.25, 0.3) is 0 Å². The Kier molecular flexibility index (Phi) is 11.4. The highest BCUT2D eigenvalue weighted by molar-refractivity contribution is 5.96. The number of esters is 1. The molecule has 0 radical (unpaired) electrons. The van der Waals surface area contributed by atoms with Gasteiger partial charge in [0.25, 0.3) is 0 Å². The first-order chi connectivity index (χ1) is 20.3. The Labute approximate surface area is 251 Å². The van der Waals surface area contributed by atoms with E-state index in [4.69, 9.17) is 23.7 Å². The summed E-state index contributed by atoms with van der Waals surface area (Å²) in [5.41, 5.74) is -0.529. The zero-order valence-corrected chi connectivity index (χ0v) is 25.8. The molecule has 2 aromatic carbocycles. The highest BCUT2D eigenvalue weighted by Crippen LogP contribution is 2.51. The number of fused-ring (bicyclic) bond motifs is 1.